The smallest absolute Gasteiger partial charge is 0.409 e. The van der Waals surface area contributed by atoms with Gasteiger partial charge in [-0.1, -0.05) is 20.8 Å². The molecule has 4 N–H and O–H groups in total. The van der Waals surface area contributed by atoms with Gasteiger partial charge in [0.05, 0.1) is 12.7 Å². The van der Waals surface area contributed by atoms with Gasteiger partial charge in [0.1, 0.15) is 12.1 Å². The molecule has 0 bridgehead atoms. The molecule has 1 aliphatic heterocycles. The molecule has 24 heavy (non-hydrogen) atoms. The summed E-state index contributed by atoms with van der Waals surface area (Å²) in [5.41, 5.74) is 0. The van der Waals surface area contributed by atoms with Crippen LogP contribution in [0.5, 0.6) is 0 Å². The third-order valence-corrected chi connectivity index (χ3v) is 9.31. The van der Waals surface area contributed by atoms with E-state index in [-0.39, 0.29) is 10.9 Å². The van der Waals surface area contributed by atoms with E-state index in [9.17, 15) is 14.5 Å². The van der Waals surface area contributed by atoms with Crippen molar-refractivity contribution in [3.63, 3.8) is 0 Å². The van der Waals surface area contributed by atoms with Crippen LogP contribution in [-0.2, 0) is 23.0 Å². The highest BCUT2D eigenvalue weighted by Crippen LogP contribution is 2.41. The van der Waals surface area contributed by atoms with Crippen LogP contribution < -0.4 is 5.32 Å². The highest BCUT2D eigenvalue weighted by atomic mass is 31.2. The number of rotatable bonds is 6. The first kappa shape index (κ1) is 21.7. The molecular weight excluding hydrogens is 357 g/mol. The number of hydrogen-bond donors (Lipinski definition) is 4. The molecule has 0 saturated carbocycles. The number of ether oxygens (including phenoxy) is 1. The predicted molar refractivity (Wildman–Crippen MR) is 88.6 cm³/mol. The van der Waals surface area contributed by atoms with Crippen molar-refractivity contribution in [1.82, 2.24) is 5.32 Å². The molecule has 11 heteroatoms. The van der Waals surface area contributed by atoms with Crippen molar-refractivity contribution in [2.24, 2.45) is 0 Å². The van der Waals surface area contributed by atoms with Gasteiger partial charge in [-0.2, -0.15) is 0 Å². The Bertz CT molecular complexity index is 503. The molecule has 0 aliphatic carbocycles. The molecular formula is C13H28NO8PSi. The number of aliphatic hydroxyl groups is 1. The second kappa shape index (κ2) is 7.51. The molecule has 4 atom stereocenters. The van der Waals surface area contributed by atoms with Crippen LogP contribution in [0, 0.1) is 0 Å². The zero-order valence-electron chi connectivity index (χ0n) is 14.8. The van der Waals surface area contributed by atoms with E-state index in [4.69, 9.17) is 18.9 Å². The Labute approximate surface area is 143 Å². The maximum absolute atomic E-state index is 11.4. The topological polar surface area (TPSA) is 135 Å². The second-order valence-corrected chi connectivity index (χ2v) is 13.4. The highest BCUT2D eigenvalue weighted by Gasteiger charge is 2.50. The normalized spacial score (nSPS) is 28.9. The summed E-state index contributed by atoms with van der Waals surface area (Å²) in [7, 11) is -6.99. The Hall–Kier alpha value is -0.323. The number of phosphoric acid groups is 1. The second-order valence-electron chi connectivity index (χ2n) is 7.42. The highest BCUT2D eigenvalue weighted by molar-refractivity contribution is 7.46. The van der Waals surface area contributed by atoms with Gasteiger partial charge in [0.2, 0.25) is 5.91 Å². The van der Waals surface area contributed by atoms with Crippen LogP contribution >= 0.6 is 7.82 Å². The van der Waals surface area contributed by atoms with E-state index in [1.165, 1.54) is 6.92 Å². The van der Waals surface area contributed by atoms with E-state index in [0.717, 1.165) is 0 Å². The molecule has 9 nitrogen and oxygen atoms in total. The van der Waals surface area contributed by atoms with Crippen LogP contribution in [0.2, 0.25) is 18.1 Å². The third-order valence-electron chi connectivity index (χ3n) is 4.36. The first-order chi connectivity index (χ1) is 10.6. The van der Waals surface area contributed by atoms with Gasteiger partial charge in [0, 0.05) is 6.92 Å². The van der Waals surface area contributed by atoms with E-state index in [1.807, 2.05) is 33.9 Å². The molecule has 0 aromatic heterocycles. The fourth-order valence-corrected chi connectivity index (χ4v) is 3.77. The van der Waals surface area contributed by atoms with Crippen molar-refractivity contribution in [3.8, 4) is 0 Å². The number of carbonyl (C=O) groups is 1. The first-order valence-corrected chi connectivity index (χ1v) is 12.1. The summed E-state index contributed by atoms with van der Waals surface area (Å²) in [6.07, 6.45) is -3.05. The zero-order valence-corrected chi connectivity index (χ0v) is 16.7. The Morgan fingerprint density at radius 2 is 1.88 bits per heavy atom. The van der Waals surface area contributed by atoms with Crippen molar-refractivity contribution in [2.45, 2.75) is 70.4 Å². The van der Waals surface area contributed by atoms with Crippen molar-refractivity contribution in [1.29, 1.82) is 0 Å². The number of phosphoric ester groups is 1. The maximum Gasteiger partial charge on any atom is 0.469 e. The minimum Gasteiger partial charge on any atom is -0.409 e. The molecule has 1 amide bonds. The lowest BCUT2D eigenvalue weighted by molar-refractivity contribution is -0.127. The van der Waals surface area contributed by atoms with Crippen LogP contribution in [0.15, 0.2) is 0 Å². The minimum atomic E-state index is -4.69. The van der Waals surface area contributed by atoms with Gasteiger partial charge in [-0.25, -0.2) is 4.57 Å². The molecule has 1 rings (SSSR count). The molecule has 0 aromatic rings. The van der Waals surface area contributed by atoms with Gasteiger partial charge >= 0.3 is 7.82 Å². The average molecular weight is 385 g/mol. The Balaban J connectivity index is 3.01. The monoisotopic (exact) mass is 385 g/mol. The van der Waals surface area contributed by atoms with Crippen molar-refractivity contribution >= 4 is 22.0 Å². The van der Waals surface area contributed by atoms with E-state index >= 15 is 0 Å². The van der Waals surface area contributed by atoms with Gasteiger partial charge in [-0.3, -0.25) is 9.32 Å². The zero-order chi connectivity index (χ0) is 18.9. The maximum atomic E-state index is 11.4. The van der Waals surface area contributed by atoms with Gasteiger partial charge in [-0.05, 0) is 18.1 Å². The quantitative estimate of drug-likeness (QED) is 0.388. The Morgan fingerprint density at radius 3 is 2.29 bits per heavy atom. The van der Waals surface area contributed by atoms with Gasteiger partial charge in [-0.15, -0.1) is 0 Å². The largest absolute Gasteiger partial charge is 0.469 e. The molecule has 1 unspecified atom stereocenters. The number of carbonyl (C=O) groups excluding carboxylic acids is 1. The number of hydrogen-bond acceptors (Lipinski definition) is 6. The SMILES string of the molecule is CC(=O)NC1[C@@H](O[Si](C)(C)C(C)(C)C)[C@@H](COP(=O)(O)O)O[C@@H]1O. The number of amides is 1. The standard InChI is InChI=1S/C13H28NO8PSi/c1-8(15)14-10-11(22-24(5,6)13(2,3)4)9(21-12(10)16)7-20-23(17,18)19/h9-12,16H,7H2,1-6H3,(H,14,15)(H2,17,18,19)/t9-,10?,11+,12+/m1/s1. The third kappa shape index (κ3) is 5.89. The fourth-order valence-electron chi connectivity index (χ4n) is 2.09. The molecule has 1 fully saturated rings. The van der Waals surface area contributed by atoms with E-state index in [1.54, 1.807) is 0 Å². The summed E-state index contributed by atoms with van der Waals surface area (Å²) in [6.45, 7) is 10.9. The van der Waals surface area contributed by atoms with Crippen LogP contribution in [0.3, 0.4) is 0 Å². The summed E-state index contributed by atoms with van der Waals surface area (Å²) < 4.78 is 27.0. The van der Waals surface area contributed by atoms with Crippen molar-refractivity contribution < 1.29 is 37.9 Å². The summed E-state index contributed by atoms with van der Waals surface area (Å²) in [6, 6.07) is -0.845. The van der Waals surface area contributed by atoms with E-state index in [0.29, 0.717) is 0 Å². The van der Waals surface area contributed by atoms with Crippen LogP contribution in [0.25, 0.3) is 0 Å². The average Bonchev–Trinajstić information content (AvgIpc) is 2.61. The first-order valence-electron chi connectivity index (χ1n) is 7.62. The lowest BCUT2D eigenvalue weighted by atomic mass is 10.1. The molecule has 1 aliphatic rings. The molecule has 1 heterocycles. The van der Waals surface area contributed by atoms with Crippen molar-refractivity contribution in [2.75, 3.05) is 6.61 Å². The molecule has 142 valence electrons. The number of nitrogens with one attached hydrogen (secondary N) is 1. The number of aliphatic hydroxyl groups excluding tert-OH is 1. The van der Waals surface area contributed by atoms with Gasteiger partial charge in [0.15, 0.2) is 14.6 Å². The Kier molecular flexibility index (Phi) is 6.79. The Morgan fingerprint density at radius 1 is 1.33 bits per heavy atom. The fraction of sp³-hybridized carbons (Fsp3) is 0.923. The summed E-state index contributed by atoms with van der Waals surface area (Å²) >= 11 is 0. The van der Waals surface area contributed by atoms with Crippen LogP contribution in [0.1, 0.15) is 27.7 Å². The van der Waals surface area contributed by atoms with Crippen LogP contribution in [-0.4, -0.2) is 60.3 Å². The van der Waals surface area contributed by atoms with Gasteiger partial charge in [0.25, 0.3) is 0 Å². The summed E-state index contributed by atoms with van der Waals surface area (Å²) in [5.74, 6) is -0.372. The van der Waals surface area contributed by atoms with Gasteiger partial charge < -0.3 is 29.4 Å². The molecule has 0 spiro atoms. The van der Waals surface area contributed by atoms with E-state index in [2.05, 4.69) is 9.84 Å². The molecule has 1 saturated heterocycles. The van der Waals surface area contributed by atoms with E-state index < -0.39 is 47.3 Å². The summed E-state index contributed by atoms with van der Waals surface area (Å²) in [5, 5.41) is 12.5. The lowest BCUT2D eigenvalue weighted by Crippen LogP contribution is -2.54. The van der Waals surface area contributed by atoms with Crippen molar-refractivity contribution in [3.05, 3.63) is 0 Å². The lowest BCUT2D eigenvalue weighted by Gasteiger charge is -2.40. The molecule has 0 radical (unpaired) electrons. The molecule has 0 aromatic carbocycles. The predicted octanol–water partition coefficient (Wildman–Crippen LogP) is 0.708. The minimum absolute atomic E-state index is 0.143. The van der Waals surface area contributed by atoms with Crippen LogP contribution in [0.4, 0.5) is 0 Å². The summed E-state index contributed by atoms with van der Waals surface area (Å²) in [4.78, 5) is 29.1.